The zero-order valence-corrected chi connectivity index (χ0v) is 7.10. The molecule has 0 radical (unpaired) electrons. The first-order valence-electron chi connectivity index (χ1n) is 3.86. The summed E-state index contributed by atoms with van der Waals surface area (Å²) in [6.45, 7) is 0. The third-order valence-electron chi connectivity index (χ3n) is 1.71. The Morgan fingerprint density at radius 1 is 1.23 bits per heavy atom. The number of benzene rings is 1. The molecule has 0 amide bonds. The molecule has 1 aromatic carbocycles. The summed E-state index contributed by atoms with van der Waals surface area (Å²) in [7, 11) is 0. The van der Waals surface area contributed by atoms with E-state index in [4.69, 9.17) is 0 Å². The molecule has 0 bridgehead atoms. The van der Waals surface area contributed by atoms with Crippen molar-refractivity contribution < 1.29 is 4.79 Å². The first-order valence-corrected chi connectivity index (χ1v) is 3.86. The predicted molar refractivity (Wildman–Crippen MR) is 51.9 cm³/mol. The lowest BCUT2D eigenvalue weighted by molar-refractivity contribution is 0.100. The molecular weight excluding hydrogens is 166 g/mol. The van der Waals surface area contributed by atoms with Crippen LogP contribution in [0.4, 0.5) is 5.69 Å². The maximum atomic E-state index is 11.2. The maximum absolute atomic E-state index is 11.2. The Labute approximate surface area is 76.2 Å². The summed E-state index contributed by atoms with van der Waals surface area (Å²) in [5, 5.41) is 0. The number of Topliss-reactive ketones (excluding diaryl/α,β-unsaturated/α-hetero) is 1. The number of carbonyl (C=O) groups is 1. The minimum atomic E-state index is 0.163. The van der Waals surface area contributed by atoms with Crippen molar-refractivity contribution >= 4 is 17.7 Å². The minimum Gasteiger partial charge on any atom is -0.294 e. The van der Waals surface area contributed by atoms with Gasteiger partial charge in [-0.1, -0.05) is 12.1 Å². The van der Waals surface area contributed by atoms with Crippen LogP contribution in [0.3, 0.4) is 0 Å². The van der Waals surface area contributed by atoms with Crippen molar-refractivity contribution in [1.82, 2.24) is 0 Å². The van der Waals surface area contributed by atoms with Gasteiger partial charge < -0.3 is 0 Å². The van der Waals surface area contributed by atoms with E-state index in [-0.39, 0.29) is 5.78 Å². The molecule has 2 rings (SSSR count). The summed E-state index contributed by atoms with van der Waals surface area (Å²) in [6, 6.07) is 7.41. The van der Waals surface area contributed by atoms with Crippen molar-refractivity contribution in [2.75, 3.05) is 0 Å². The molecule has 0 fully saturated rings. The molecule has 13 heavy (non-hydrogen) atoms. The van der Waals surface area contributed by atoms with E-state index in [2.05, 4.69) is 16.7 Å². The number of hydrogen-bond donors (Lipinski definition) is 2. The minimum absolute atomic E-state index is 0.163. The Morgan fingerprint density at radius 3 is 2.62 bits per heavy atom. The molecule has 1 heterocycles. The maximum Gasteiger partial charge on any atom is 0.170 e. The number of carbonyl (C=O) groups excluding carboxylic acids is 1. The van der Waals surface area contributed by atoms with Gasteiger partial charge in [0.2, 0.25) is 0 Å². The van der Waals surface area contributed by atoms with Crippen molar-refractivity contribution in [2.24, 2.45) is 16.7 Å². The Morgan fingerprint density at radius 2 is 1.92 bits per heavy atom. The van der Waals surface area contributed by atoms with Crippen molar-refractivity contribution in [1.29, 1.82) is 0 Å². The van der Waals surface area contributed by atoms with Crippen LogP contribution in [0.5, 0.6) is 0 Å². The topological polar surface area (TPSA) is 81.5 Å². The van der Waals surface area contributed by atoms with E-state index in [0.717, 1.165) is 11.3 Å². The first kappa shape index (κ1) is 9.57. The molecule has 4 heteroatoms. The number of ketones is 1. The largest absolute Gasteiger partial charge is 0.294 e. The van der Waals surface area contributed by atoms with Crippen molar-refractivity contribution in [3.8, 4) is 0 Å². The number of fused-ring (bicyclic) bond motifs is 1. The molecule has 68 valence electrons. The van der Waals surface area contributed by atoms with Gasteiger partial charge in [-0.05, 0) is 12.1 Å². The fourth-order valence-electron chi connectivity index (χ4n) is 1.16. The Hall–Kier alpha value is -1.52. The first-order chi connectivity index (χ1) is 6.38. The van der Waals surface area contributed by atoms with E-state index in [1.807, 2.05) is 24.3 Å². The van der Waals surface area contributed by atoms with E-state index in [1.165, 1.54) is 0 Å². The monoisotopic (exact) mass is 177 g/mol. The van der Waals surface area contributed by atoms with Gasteiger partial charge in [0.1, 0.15) is 0 Å². The molecule has 0 atom stereocenters. The zero-order valence-electron chi connectivity index (χ0n) is 7.10. The molecule has 0 saturated heterocycles. The quantitative estimate of drug-likeness (QED) is 0.454. The Kier molecular flexibility index (Phi) is 3.31. The van der Waals surface area contributed by atoms with Gasteiger partial charge in [-0.15, -0.1) is 0 Å². The number of para-hydroxylation sites is 1. The van der Waals surface area contributed by atoms with Gasteiger partial charge in [0.25, 0.3) is 0 Å². The van der Waals surface area contributed by atoms with Crippen molar-refractivity contribution in [3.05, 3.63) is 29.8 Å². The van der Waals surface area contributed by atoms with Crippen LogP contribution in [0.1, 0.15) is 16.8 Å². The van der Waals surface area contributed by atoms with Gasteiger partial charge >= 0.3 is 0 Å². The number of hydrazine groups is 1. The third-order valence-corrected chi connectivity index (χ3v) is 1.71. The summed E-state index contributed by atoms with van der Waals surface area (Å²) in [4.78, 5) is 15.3. The van der Waals surface area contributed by atoms with Gasteiger partial charge in [0, 0.05) is 18.2 Å². The summed E-state index contributed by atoms with van der Waals surface area (Å²) in [6.07, 6.45) is 2.10. The molecule has 0 spiro atoms. The van der Waals surface area contributed by atoms with E-state index in [1.54, 1.807) is 6.21 Å². The highest BCUT2D eigenvalue weighted by Crippen LogP contribution is 2.22. The number of nitrogens with zero attached hydrogens (tertiary/aromatic N) is 1. The number of rotatable bonds is 0. The second-order valence-corrected chi connectivity index (χ2v) is 2.46. The molecule has 0 saturated carbocycles. The summed E-state index contributed by atoms with van der Waals surface area (Å²) >= 11 is 0. The SMILES string of the molecule is NN.O=C1CC=Nc2ccccc21. The third kappa shape index (κ3) is 1.99. The van der Waals surface area contributed by atoms with E-state index >= 15 is 0 Å². The van der Waals surface area contributed by atoms with Crippen LogP contribution in [-0.2, 0) is 0 Å². The highest BCUT2D eigenvalue weighted by atomic mass is 16.1. The molecular formula is C9H11N3O. The number of nitrogens with two attached hydrogens (primary N) is 2. The standard InChI is InChI=1S/C9H7NO.H4N2/c11-9-5-6-10-8-4-2-1-3-7(8)9;1-2/h1-4,6H,5H2;1-2H2. The van der Waals surface area contributed by atoms with E-state index < -0.39 is 0 Å². The average molecular weight is 177 g/mol. The van der Waals surface area contributed by atoms with Gasteiger partial charge in [0.05, 0.1) is 5.69 Å². The lowest BCUT2D eigenvalue weighted by atomic mass is 10.0. The highest BCUT2D eigenvalue weighted by molar-refractivity contribution is 6.09. The lowest BCUT2D eigenvalue weighted by Gasteiger charge is -2.06. The van der Waals surface area contributed by atoms with Crippen LogP contribution in [0, 0.1) is 0 Å². The second-order valence-electron chi connectivity index (χ2n) is 2.46. The average Bonchev–Trinajstić information content (AvgIpc) is 2.22. The van der Waals surface area contributed by atoms with Crippen LogP contribution in [0.2, 0.25) is 0 Å². The summed E-state index contributed by atoms with van der Waals surface area (Å²) < 4.78 is 0. The molecule has 1 aliphatic rings. The summed E-state index contributed by atoms with van der Waals surface area (Å²) in [5.41, 5.74) is 1.54. The Balaban J connectivity index is 0.000000396. The van der Waals surface area contributed by atoms with Crippen LogP contribution in [0.25, 0.3) is 0 Å². The van der Waals surface area contributed by atoms with Gasteiger partial charge in [-0.2, -0.15) is 0 Å². The van der Waals surface area contributed by atoms with E-state index in [0.29, 0.717) is 6.42 Å². The van der Waals surface area contributed by atoms with Crippen LogP contribution in [0.15, 0.2) is 29.3 Å². The van der Waals surface area contributed by atoms with Gasteiger partial charge in [-0.3, -0.25) is 21.5 Å². The van der Waals surface area contributed by atoms with Crippen molar-refractivity contribution in [3.63, 3.8) is 0 Å². The van der Waals surface area contributed by atoms with Gasteiger partial charge in [0.15, 0.2) is 5.78 Å². The lowest BCUT2D eigenvalue weighted by Crippen LogP contribution is -2.03. The van der Waals surface area contributed by atoms with Crippen LogP contribution >= 0.6 is 0 Å². The molecule has 1 aromatic rings. The normalized spacial score (nSPS) is 12.9. The Bertz CT molecular complexity index is 333. The second kappa shape index (κ2) is 4.49. The van der Waals surface area contributed by atoms with Crippen LogP contribution < -0.4 is 11.7 Å². The fraction of sp³-hybridized carbons (Fsp3) is 0.111. The zero-order chi connectivity index (χ0) is 9.68. The molecule has 4 N–H and O–H groups in total. The van der Waals surface area contributed by atoms with E-state index in [9.17, 15) is 4.79 Å². The number of hydrogen-bond acceptors (Lipinski definition) is 4. The molecule has 0 unspecified atom stereocenters. The molecule has 4 nitrogen and oxygen atoms in total. The molecule has 0 aromatic heterocycles. The van der Waals surface area contributed by atoms with Crippen molar-refractivity contribution in [2.45, 2.75) is 6.42 Å². The molecule has 1 aliphatic heterocycles. The summed E-state index contributed by atoms with van der Waals surface area (Å²) in [5.74, 6) is 8.16. The predicted octanol–water partition coefficient (Wildman–Crippen LogP) is 0.794. The highest BCUT2D eigenvalue weighted by Gasteiger charge is 2.11. The smallest absolute Gasteiger partial charge is 0.170 e. The molecule has 0 aliphatic carbocycles. The fourth-order valence-corrected chi connectivity index (χ4v) is 1.16. The number of aliphatic imine (C=N–C) groups is 1. The van der Waals surface area contributed by atoms with Crippen LogP contribution in [-0.4, -0.2) is 12.0 Å². The van der Waals surface area contributed by atoms with Gasteiger partial charge in [-0.25, -0.2) is 0 Å².